The van der Waals surface area contributed by atoms with Gasteiger partial charge in [0.05, 0.1) is 5.54 Å². The van der Waals surface area contributed by atoms with Crippen molar-refractivity contribution in [1.82, 2.24) is 4.90 Å². The van der Waals surface area contributed by atoms with Gasteiger partial charge in [0.15, 0.2) is 0 Å². The second kappa shape index (κ2) is 5.23. The molecule has 98 valence electrons. The van der Waals surface area contributed by atoms with E-state index >= 15 is 0 Å². The van der Waals surface area contributed by atoms with Crippen LogP contribution in [0.15, 0.2) is 0 Å². The molecule has 0 aromatic rings. The molecule has 1 aliphatic heterocycles. The normalized spacial score (nSPS) is 26.6. The lowest BCUT2D eigenvalue weighted by molar-refractivity contribution is -0.150. The van der Waals surface area contributed by atoms with E-state index in [9.17, 15) is 9.59 Å². The molecule has 0 aromatic heterocycles. The van der Waals surface area contributed by atoms with Gasteiger partial charge < -0.3 is 15.7 Å². The number of nitrogens with two attached hydrogens (primary N) is 1. The highest BCUT2D eigenvalue weighted by atomic mass is 35.5. The van der Waals surface area contributed by atoms with Gasteiger partial charge in [0.2, 0.25) is 5.91 Å². The van der Waals surface area contributed by atoms with Crippen molar-refractivity contribution >= 4 is 24.3 Å². The van der Waals surface area contributed by atoms with Crippen molar-refractivity contribution in [3.63, 3.8) is 0 Å². The van der Waals surface area contributed by atoms with Crippen LogP contribution in [0.4, 0.5) is 0 Å². The van der Waals surface area contributed by atoms with E-state index in [1.54, 1.807) is 0 Å². The smallest absolute Gasteiger partial charge is 0.326 e. The Kier molecular flexibility index (Phi) is 4.38. The molecular formula is C11H19ClN2O3. The third kappa shape index (κ3) is 2.55. The first-order valence-corrected chi connectivity index (χ1v) is 5.87. The molecule has 1 unspecified atom stereocenters. The average molecular weight is 263 g/mol. The second-order valence-corrected chi connectivity index (χ2v) is 4.86. The first-order chi connectivity index (χ1) is 7.54. The Hall–Kier alpha value is -0.810. The number of hydrogen-bond acceptors (Lipinski definition) is 3. The van der Waals surface area contributed by atoms with Gasteiger partial charge in [-0.3, -0.25) is 4.79 Å². The van der Waals surface area contributed by atoms with E-state index in [4.69, 9.17) is 10.8 Å². The standard InChI is InChI=1S/C11H18N2O3.ClH/c12-11(5-1-2-6-11)10(16)13-7-3-4-8(13)9(14)15;/h8H,1-7,12H2,(H,14,15);1H. The molecule has 0 spiro atoms. The number of amides is 1. The lowest BCUT2D eigenvalue weighted by Crippen LogP contribution is -2.56. The van der Waals surface area contributed by atoms with E-state index in [-0.39, 0.29) is 18.3 Å². The highest BCUT2D eigenvalue weighted by molar-refractivity contribution is 5.90. The maximum atomic E-state index is 12.2. The monoisotopic (exact) mass is 262 g/mol. The van der Waals surface area contributed by atoms with Crippen LogP contribution in [-0.2, 0) is 9.59 Å². The lowest BCUT2D eigenvalue weighted by Gasteiger charge is -2.31. The molecule has 17 heavy (non-hydrogen) atoms. The van der Waals surface area contributed by atoms with Crippen LogP contribution in [-0.4, -0.2) is 40.0 Å². The number of likely N-dealkylation sites (tertiary alicyclic amines) is 1. The van der Waals surface area contributed by atoms with Crippen LogP contribution in [0, 0.1) is 0 Å². The number of carboxylic acid groups (broad SMARTS) is 1. The fourth-order valence-corrected chi connectivity index (χ4v) is 2.77. The molecule has 2 fully saturated rings. The molecule has 5 nitrogen and oxygen atoms in total. The Bertz CT molecular complexity index is 316. The highest BCUT2D eigenvalue weighted by Crippen LogP contribution is 2.31. The zero-order valence-corrected chi connectivity index (χ0v) is 10.5. The van der Waals surface area contributed by atoms with Gasteiger partial charge in [0.1, 0.15) is 6.04 Å². The first-order valence-electron chi connectivity index (χ1n) is 5.87. The van der Waals surface area contributed by atoms with Crippen molar-refractivity contribution in [3.05, 3.63) is 0 Å². The fourth-order valence-electron chi connectivity index (χ4n) is 2.77. The van der Waals surface area contributed by atoms with E-state index in [0.717, 1.165) is 19.3 Å². The third-order valence-electron chi connectivity index (χ3n) is 3.72. The van der Waals surface area contributed by atoms with Crippen molar-refractivity contribution in [2.45, 2.75) is 50.1 Å². The van der Waals surface area contributed by atoms with E-state index in [0.29, 0.717) is 25.8 Å². The molecule has 1 saturated carbocycles. The number of carbonyl (C=O) groups excluding carboxylic acids is 1. The third-order valence-corrected chi connectivity index (χ3v) is 3.72. The molecule has 1 aliphatic carbocycles. The molecule has 1 atom stereocenters. The number of carboxylic acids is 1. The Morgan fingerprint density at radius 2 is 1.82 bits per heavy atom. The fraction of sp³-hybridized carbons (Fsp3) is 0.818. The number of aliphatic carboxylic acids is 1. The number of carbonyl (C=O) groups is 2. The van der Waals surface area contributed by atoms with Gasteiger partial charge in [-0.25, -0.2) is 4.79 Å². The topological polar surface area (TPSA) is 83.6 Å². The van der Waals surface area contributed by atoms with Crippen LogP contribution in [0.25, 0.3) is 0 Å². The number of nitrogens with zero attached hydrogens (tertiary/aromatic N) is 1. The summed E-state index contributed by atoms with van der Waals surface area (Å²) in [6.07, 6.45) is 4.63. The molecule has 0 bridgehead atoms. The largest absolute Gasteiger partial charge is 0.480 e. The van der Waals surface area contributed by atoms with Crippen molar-refractivity contribution in [3.8, 4) is 0 Å². The number of hydrogen-bond donors (Lipinski definition) is 2. The summed E-state index contributed by atoms with van der Waals surface area (Å²) in [4.78, 5) is 24.7. The van der Waals surface area contributed by atoms with Crippen LogP contribution < -0.4 is 5.73 Å². The molecule has 1 saturated heterocycles. The summed E-state index contributed by atoms with van der Waals surface area (Å²) in [7, 11) is 0. The average Bonchev–Trinajstić information content (AvgIpc) is 2.85. The summed E-state index contributed by atoms with van der Waals surface area (Å²) in [5.41, 5.74) is 5.27. The minimum Gasteiger partial charge on any atom is -0.480 e. The van der Waals surface area contributed by atoms with E-state index in [1.807, 2.05) is 0 Å². The molecule has 1 heterocycles. The van der Waals surface area contributed by atoms with Crippen molar-refractivity contribution in [1.29, 1.82) is 0 Å². The summed E-state index contributed by atoms with van der Waals surface area (Å²) < 4.78 is 0. The summed E-state index contributed by atoms with van der Waals surface area (Å²) >= 11 is 0. The maximum Gasteiger partial charge on any atom is 0.326 e. The SMILES string of the molecule is Cl.NC1(C(=O)N2CCCC2C(=O)O)CCCC1. The number of halogens is 1. The molecule has 2 rings (SSSR count). The summed E-state index contributed by atoms with van der Waals surface area (Å²) in [6, 6.07) is -0.659. The summed E-state index contributed by atoms with van der Waals surface area (Å²) in [5, 5.41) is 9.02. The van der Waals surface area contributed by atoms with Gasteiger partial charge in [-0.2, -0.15) is 0 Å². The van der Waals surface area contributed by atoms with Gasteiger partial charge in [0.25, 0.3) is 0 Å². The van der Waals surface area contributed by atoms with Gasteiger partial charge in [-0.1, -0.05) is 12.8 Å². The van der Waals surface area contributed by atoms with Crippen LogP contribution in [0.5, 0.6) is 0 Å². The molecule has 2 aliphatic rings. The summed E-state index contributed by atoms with van der Waals surface area (Å²) in [6.45, 7) is 0.536. The van der Waals surface area contributed by atoms with Crippen LogP contribution in [0.3, 0.4) is 0 Å². The molecule has 0 aromatic carbocycles. The maximum absolute atomic E-state index is 12.2. The second-order valence-electron chi connectivity index (χ2n) is 4.86. The van der Waals surface area contributed by atoms with E-state index in [1.165, 1.54) is 4.90 Å². The molecule has 1 amide bonds. The minimum atomic E-state index is -0.910. The van der Waals surface area contributed by atoms with Gasteiger partial charge >= 0.3 is 5.97 Å². The van der Waals surface area contributed by atoms with E-state index < -0.39 is 17.6 Å². The van der Waals surface area contributed by atoms with Crippen LogP contribution >= 0.6 is 12.4 Å². The minimum absolute atomic E-state index is 0. The van der Waals surface area contributed by atoms with Crippen molar-refractivity contribution in [2.24, 2.45) is 5.73 Å². The molecule has 3 N–H and O–H groups in total. The van der Waals surface area contributed by atoms with Crippen molar-refractivity contribution in [2.75, 3.05) is 6.54 Å². The molecular weight excluding hydrogens is 244 g/mol. The Morgan fingerprint density at radius 3 is 2.35 bits per heavy atom. The Morgan fingerprint density at radius 1 is 1.24 bits per heavy atom. The van der Waals surface area contributed by atoms with Gasteiger partial charge in [0, 0.05) is 6.54 Å². The Balaban J connectivity index is 0.00000144. The summed E-state index contributed by atoms with van der Waals surface area (Å²) in [5.74, 6) is -1.07. The predicted octanol–water partition coefficient (Wildman–Crippen LogP) is 0.755. The zero-order chi connectivity index (χ0) is 11.8. The van der Waals surface area contributed by atoms with Crippen LogP contribution in [0.2, 0.25) is 0 Å². The zero-order valence-electron chi connectivity index (χ0n) is 9.72. The van der Waals surface area contributed by atoms with Crippen molar-refractivity contribution < 1.29 is 14.7 Å². The van der Waals surface area contributed by atoms with Gasteiger partial charge in [-0.05, 0) is 25.7 Å². The molecule has 6 heteroatoms. The first kappa shape index (κ1) is 14.3. The quantitative estimate of drug-likeness (QED) is 0.769. The predicted molar refractivity (Wildman–Crippen MR) is 65.0 cm³/mol. The van der Waals surface area contributed by atoms with Crippen LogP contribution in [0.1, 0.15) is 38.5 Å². The van der Waals surface area contributed by atoms with E-state index in [2.05, 4.69) is 0 Å². The Labute approximate surface area is 107 Å². The lowest BCUT2D eigenvalue weighted by atomic mass is 9.97. The van der Waals surface area contributed by atoms with Gasteiger partial charge in [-0.15, -0.1) is 12.4 Å². The number of rotatable bonds is 2. The highest BCUT2D eigenvalue weighted by Gasteiger charge is 2.44. The molecule has 0 radical (unpaired) electrons.